The lowest BCUT2D eigenvalue weighted by atomic mass is 9.81. The fourth-order valence-electron chi connectivity index (χ4n) is 19.2. The maximum atomic E-state index is 5.61. The van der Waals surface area contributed by atoms with E-state index in [-0.39, 0.29) is 16.2 Å². The molecule has 0 saturated carbocycles. The Morgan fingerprint density at radius 2 is 0.491 bits per heavy atom. The number of para-hydroxylation sites is 3. The SMILES string of the molecule is CC1(C)c2ccccc2-c2ccc(-c3ccc4c(c3)c3ccccc3n4-c3ccc(-c4nc(-c5cccc(-n6c7ccccc7c7cc(-c8ccc9c(c8)C(C)(C)c8ccccc8-9)ccc76)c5)cc(-c5cccc(-n6c7ccccc7c7cc(-c8ccc9c(c8)C(C)(C)c8ccccc8-9)ccc76)c5)n4)cc3)cc21. The van der Waals surface area contributed by atoms with Crippen LogP contribution >= 0.6 is 0 Å². The van der Waals surface area contributed by atoms with Gasteiger partial charge in [-0.05, 0) is 228 Å². The van der Waals surface area contributed by atoms with Crippen LogP contribution in [-0.2, 0) is 16.2 Å². The topological polar surface area (TPSA) is 40.6 Å². The van der Waals surface area contributed by atoms with Crippen molar-refractivity contribution in [1.82, 2.24) is 23.7 Å². The molecular weight excluding hydrogens is 1310 g/mol. The first-order valence-electron chi connectivity index (χ1n) is 37.8. The van der Waals surface area contributed by atoms with Gasteiger partial charge < -0.3 is 13.7 Å². The van der Waals surface area contributed by atoms with Crippen molar-refractivity contribution in [2.45, 2.75) is 57.8 Å². The van der Waals surface area contributed by atoms with Crippen molar-refractivity contribution < 1.29 is 0 Å². The van der Waals surface area contributed by atoms with Gasteiger partial charge in [0.2, 0.25) is 0 Å². The summed E-state index contributed by atoms with van der Waals surface area (Å²) in [6, 6.07) is 124. The Balaban J connectivity index is 0.660. The molecule has 22 rings (SSSR count). The van der Waals surface area contributed by atoms with Gasteiger partial charge in [-0.25, -0.2) is 9.97 Å². The molecule has 3 aliphatic rings. The van der Waals surface area contributed by atoms with E-state index in [9.17, 15) is 0 Å². The third kappa shape index (κ3) is 9.12. The van der Waals surface area contributed by atoms with Crippen molar-refractivity contribution >= 4 is 65.4 Å². The number of hydrogen-bond acceptors (Lipinski definition) is 2. The number of benzene rings is 15. The van der Waals surface area contributed by atoms with E-state index < -0.39 is 0 Å². The van der Waals surface area contributed by atoms with E-state index in [4.69, 9.17) is 9.97 Å². The van der Waals surface area contributed by atoms with E-state index in [1.807, 2.05) is 0 Å². The fraction of sp³-hybridized carbons (Fsp3) is 0.0874. The Morgan fingerprint density at radius 1 is 0.194 bits per heavy atom. The molecule has 3 aliphatic carbocycles. The van der Waals surface area contributed by atoms with E-state index in [1.165, 1.54) is 132 Å². The fourth-order valence-corrected chi connectivity index (χ4v) is 19.2. The van der Waals surface area contributed by atoms with Gasteiger partial charge >= 0.3 is 0 Å². The van der Waals surface area contributed by atoms with Crippen molar-refractivity contribution in [3.63, 3.8) is 0 Å². The van der Waals surface area contributed by atoms with E-state index in [0.29, 0.717) is 5.82 Å². The Hall–Kier alpha value is -13.2. The highest BCUT2D eigenvalue weighted by molar-refractivity contribution is 6.13. The van der Waals surface area contributed by atoms with Crippen molar-refractivity contribution in [3.8, 4) is 118 Å². The minimum atomic E-state index is -0.0962. The summed E-state index contributed by atoms with van der Waals surface area (Å²) in [7, 11) is 0. The Bertz CT molecular complexity index is 6800. The number of fused-ring (bicyclic) bond motifs is 18. The van der Waals surface area contributed by atoms with E-state index >= 15 is 0 Å². The molecule has 510 valence electrons. The van der Waals surface area contributed by atoms with Crippen LogP contribution in [0.25, 0.3) is 183 Å². The Morgan fingerprint density at radius 3 is 0.870 bits per heavy atom. The molecule has 0 amide bonds. The minimum absolute atomic E-state index is 0.0892. The number of hydrogen-bond donors (Lipinski definition) is 0. The third-order valence-corrected chi connectivity index (χ3v) is 24.7. The molecule has 4 heterocycles. The largest absolute Gasteiger partial charge is 0.309 e. The van der Waals surface area contributed by atoms with Gasteiger partial charge in [0.05, 0.1) is 44.5 Å². The van der Waals surface area contributed by atoms with Crippen LogP contribution in [0.2, 0.25) is 0 Å². The molecule has 0 spiro atoms. The van der Waals surface area contributed by atoms with E-state index in [2.05, 4.69) is 389 Å². The molecular formula is C103H73N5. The van der Waals surface area contributed by atoms with Crippen LogP contribution in [0.5, 0.6) is 0 Å². The van der Waals surface area contributed by atoms with Gasteiger partial charge in [-0.1, -0.05) is 248 Å². The predicted octanol–water partition coefficient (Wildman–Crippen LogP) is 26.7. The molecule has 0 saturated heterocycles. The molecule has 0 radical (unpaired) electrons. The first-order chi connectivity index (χ1) is 52.8. The van der Waals surface area contributed by atoms with Gasteiger partial charge in [-0.2, -0.15) is 0 Å². The van der Waals surface area contributed by atoms with Crippen LogP contribution in [-0.4, -0.2) is 23.7 Å². The van der Waals surface area contributed by atoms with Crippen LogP contribution in [0.3, 0.4) is 0 Å². The van der Waals surface area contributed by atoms with Gasteiger partial charge in [0.15, 0.2) is 5.82 Å². The average molecular weight is 1380 g/mol. The summed E-state index contributed by atoms with van der Waals surface area (Å²) >= 11 is 0. The molecule has 5 heteroatoms. The molecule has 15 aromatic carbocycles. The summed E-state index contributed by atoms with van der Waals surface area (Å²) in [5.74, 6) is 0.642. The van der Waals surface area contributed by atoms with Crippen LogP contribution in [0.1, 0.15) is 74.9 Å². The molecule has 19 aromatic rings. The van der Waals surface area contributed by atoms with Crippen molar-refractivity contribution in [3.05, 3.63) is 367 Å². The first kappa shape index (κ1) is 62.2. The summed E-state index contributed by atoms with van der Waals surface area (Å²) in [6.07, 6.45) is 0. The van der Waals surface area contributed by atoms with Crippen LogP contribution in [0.15, 0.2) is 334 Å². The normalized spacial score (nSPS) is 14.1. The summed E-state index contributed by atoms with van der Waals surface area (Å²) in [5.41, 5.74) is 37.9. The summed E-state index contributed by atoms with van der Waals surface area (Å²) in [5, 5.41) is 7.26. The maximum absolute atomic E-state index is 5.61. The quantitative estimate of drug-likeness (QED) is 0.144. The lowest BCUT2D eigenvalue weighted by molar-refractivity contribution is 0.660. The summed E-state index contributed by atoms with van der Waals surface area (Å²) < 4.78 is 7.26. The monoisotopic (exact) mass is 1380 g/mol. The molecule has 0 bridgehead atoms. The van der Waals surface area contributed by atoms with Crippen molar-refractivity contribution in [2.24, 2.45) is 0 Å². The van der Waals surface area contributed by atoms with Gasteiger partial charge in [0.25, 0.3) is 0 Å². The van der Waals surface area contributed by atoms with Gasteiger partial charge in [-0.3, -0.25) is 0 Å². The minimum Gasteiger partial charge on any atom is -0.309 e. The molecule has 0 unspecified atom stereocenters. The molecule has 108 heavy (non-hydrogen) atoms. The highest BCUT2D eigenvalue weighted by Gasteiger charge is 2.38. The Labute approximate surface area is 627 Å². The third-order valence-electron chi connectivity index (χ3n) is 24.7. The second kappa shape index (κ2) is 22.9. The predicted molar refractivity (Wildman–Crippen MR) is 450 cm³/mol. The van der Waals surface area contributed by atoms with Gasteiger partial charge in [-0.15, -0.1) is 0 Å². The van der Waals surface area contributed by atoms with Crippen molar-refractivity contribution in [2.75, 3.05) is 0 Å². The van der Waals surface area contributed by atoms with Crippen LogP contribution in [0.4, 0.5) is 0 Å². The highest BCUT2D eigenvalue weighted by Crippen LogP contribution is 2.54. The molecule has 5 nitrogen and oxygen atoms in total. The zero-order chi connectivity index (χ0) is 72.1. The Kier molecular flexibility index (Phi) is 13.2. The second-order valence-electron chi connectivity index (χ2n) is 31.7. The lowest BCUT2D eigenvalue weighted by Gasteiger charge is -2.22. The lowest BCUT2D eigenvalue weighted by Crippen LogP contribution is -2.14. The first-order valence-corrected chi connectivity index (χ1v) is 37.8. The number of rotatable bonds is 9. The van der Waals surface area contributed by atoms with Gasteiger partial charge in [0, 0.05) is 82.3 Å². The van der Waals surface area contributed by atoms with Gasteiger partial charge in [0.1, 0.15) is 0 Å². The van der Waals surface area contributed by atoms with E-state index in [1.54, 1.807) is 0 Å². The van der Waals surface area contributed by atoms with Crippen LogP contribution in [0, 0.1) is 0 Å². The molecule has 4 aromatic heterocycles. The van der Waals surface area contributed by atoms with Crippen molar-refractivity contribution in [1.29, 1.82) is 0 Å². The molecule has 0 fully saturated rings. The molecule has 0 aliphatic heterocycles. The number of aromatic nitrogens is 5. The molecule has 0 atom stereocenters. The van der Waals surface area contributed by atoms with E-state index in [0.717, 1.165) is 78.2 Å². The standard InChI is InChI=1S/C103H73N5/c1-101(2)86-31-13-7-25-74(86)77-47-39-66(58-89(77)101)63-42-50-97-83(55-63)80-28-10-16-34-94(80)106(97)71-45-37-62(38-46-71)100-104-92(69-21-19-23-72(53-69)107-95-35-17-11-29-81(95)84-56-64(43-51-98(84)107)67-40-48-78-75-26-8-14-32-87(75)102(3,4)90(78)59-67)61-93(105-100)70-22-20-24-73(54-70)108-96-36-18-12-30-82(96)85-57-65(44-52-99(85)108)68-41-49-79-76-27-9-15-33-88(76)103(5,6)91(79)60-68/h7-61H,1-6H3. The molecule has 0 N–H and O–H groups in total. The highest BCUT2D eigenvalue weighted by atomic mass is 15.0. The maximum Gasteiger partial charge on any atom is 0.160 e. The smallest absolute Gasteiger partial charge is 0.160 e. The second-order valence-corrected chi connectivity index (χ2v) is 31.7. The number of nitrogens with zero attached hydrogens (tertiary/aromatic N) is 5. The zero-order valence-electron chi connectivity index (χ0n) is 61.0. The summed E-state index contributed by atoms with van der Waals surface area (Å²) in [6.45, 7) is 14.2. The average Bonchev–Trinajstić information content (AvgIpc) is 1.58. The zero-order valence-corrected chi connectivity index (χ0v) is 61.0. The van der Waals surface area contributed by atoms with Crippen LogP contribution < -0.4 is 0 Å². The summed E-state index contributed by atoms with van der Waals surface area (Å²) in [4.78, 5) is 11.2.